The number of aromatic nitrogens is 5. The van der Waals surface area contributed by atoms with Gasteiger partial charge in [0.2, 0.25) is 0 Å². The van der Waals surface area contributed by atoms with E-state index in [1.807, 2.05) is 23.2 Å². The maximum absolute atomic E-state index is 4.63. The standard InChI is InChI=1S/C14H24N6/c1-6-7-15-8-13-10(2)18-20(11(13)3)9-14-17-16-12(4)19(14)5/h15H,6-9H2,1-5H3. The summed E-state index contributed by atoms with van der Waals surface area (Å²) in [7, 11) is 1.99. The van der Waals surface area contributed by atoms with Gasteiger partial charge in [0.15, 0.2) is 5.82 Å². The largest absolute Gasteiger partial charge is 0.317 e. The average molecular weight is 276 g/mol. The summed E-state index contributed by atoms with van der Waals surface area (Å²) in [5.41, 5.74) is 3.58. The van der Waals surface area contributed by atoms with Crippen molar-refractivity contribution in [2.75, 3.05) is 6.54 Å². The number of rotatable bonds is 6. The van der Waals surface area contributed by atoms with Crippen molar-refractivity contribution < 1.29 is 0 Å². The van der Waals surface area contributed by atoms with E-state index in [-0.39, 0.29) is 0 Å². The van der Waals surface area contributed by atoms with Crippen molar-refractivity contribution in [2.45, 2.75) is 47.2 Å². The number of nitrogens with zero attached hydrogens (tertiary/aromatic N) is 5. The Balaban J connectivity index is 2.17. The molecule has 2 rings (SSSR count). The average Bonchev–Trinajstić information content (AvgIpc) is 2.87. The van der Waals surface area contributed by atoms with Crippen molar-refractivity contribution in [2.24, 2.45) is 7.05 Å². The van der Waals surface area contributed by atoms with Crippen LogP contribution in [0.15, 0.2) is 0 Å². The van der Waals surface area contributed by atoms with Gasteiger partial charge in [-0.05, 0) is 33.7 Å². The van der Waals surface area contributed by atoms with Crippen molar-refractivity contribution in [3.8, 4) is 0 Å². The van der Waals surface area contributed by atoms with Gasteiger partial charge in [-0.25, -0.2) is 0 Å². The summed E-state index contributed by atoms with van der Waals surface area (Å²) in [5, 5.41) is 16.4. The molecule has 0 radical (unpaired) electrons. The minimum absolute atomic E-state index is 0.664. The van der Waals surface area contributed by atoms with E-state index in [1.54, 1.807) is 0 Å². The second kappa shape index (κ2) is 6.17. The zero-order chi connectivity index (χ0) is 14.7. The van der Waals surface area contributed by atoms with E-state index in [2.05, 4.69) is 41.4 Å². The molecule has 6 heteroatoms. The van der Waals surface area contributed by atoms with Crippen LogP contribution in [0.25, 0.3) is 0 Å². The fourth-order valence-electron chi connectivity index (χ4n) is 2.26. The summed E-state index contributed by atoms with van der Waals surface area (Å²) < 4.78 is 4.02. The minimum atomic E-state index is 0.664. The zero-order valence-electron chi connectivity index (χ0n) is 13.1. The van der Waals surface area contributed by atoms with Crippen LogP contribution in [-0.4, -0.2) is 31.1 Å². The summed E-state index contributed by atoms with van der Waals surface area (Å²) in [4.78, 5) is 0. The third-order valence-corrected chi connectivity index (χ3v) is 3.73. The van der Waals surface area contributed by atoms with Crippen molar-refractivity contribution >= 4 is 0 Å². The molecule has 6 nitrogen and oxygen atoms in total. The van der Waals surface area contributed by atoms with Crippen LogP contribution in [0.5, 0.6) is 0 Å². The second-order valence-electron chi connectivity index (χ2n) is 5.21. The lowest BCUT2D eigenvalue weighted by Gasteiger charge is -2.06. The molecule has 0 fully saturated rings. The van der Waals surface area contributed by atoms with Crippen LogP contribution in [-0.2, 0) is 20.1 Å². The predicted molar refractivity (Wildman–Crippen MR) is 78.5 cm³/mol. The molecule has 0 bridgehead atoms. The third-order valence-electron chi connectivity index (χ3n) is 3.73. The van der Waals surface area contributed by atoms with Crippen molar-refractivity contribution in [1.29, 1.82) is 0 Å². The lowest BCUT2D eigenvalue weighted by molar-refractivity contribution is 0.606. The Morgan fingerprint density at radius 2 is 1.90 bits per heavy atom. The molecule has 2 heterocycles. The summed E-state index contributed by atoms with van der Waals surface area (Å²) in [6.07, 6.45) is 1.14. The molecule has 110 valence electrons. The Bertz CT molecular complexity index is 581. The maximum atomic E-state index is 4.63. The highest BCUT2D eigenvalue weighted by Gasteiger charge is 2.13. The molecule has 20 heavy (non-hydrogen) atoms. The maximum Gasteiger partial charge on any atom is 0.154 e. The van der Waals surface area contributed by atoms with E-state index < -0.39 is 0 Å². The molecule has 0 aliphatic carbocycles. The molecule has 0 saturated carbocycles. The first kappa shape index (κ1) is 14.7. The van der Waals surface area contributed by atoms with Crippen LogP contribution in [0.2, 0.25) is 0 Å². The third kappa shape index (κ3) is 2.90. The van der Waals surface area contributed by atoms with E-state index in [0.717, 1.165) is 36.9 Å². The van der Waals surface area contributed by atoms with Gasteiger partial charge in [0.05, 0.1) is 5.69 Å². The van der Waals surface area contributed by atoms with Gasteiger partial charge < -0.3 is 9.88 Å². The Hall–Kier alpha value is -1.69. The van der Waals surface area contributed by atoms with Gasteiger partial charge in [-0.15, -0.1) is 10.2 Å². The van der Waals surface area contributed by atoms with Crippen LogP contribution in [0, 0.1) is 20.8 Å². The normalized spacial score (nSPS) is 11.2. The smallest absolute Gasteiger partial charge is 0.154 e. The zero-order valence-corrected chi connectivity index (χ0v) is 13.1. The fraction of sp³-hybridized carbons (Fsp3) is 0.643. The van der Waals surface area contributed by atoms with E-state index in [1.165, 1.54) is 11.3 Å². The molecule has 2 aromatic rings. The first-order chi connectivity index (χ1) is 9.54. The summed E-state index contributed by atoms with van der Waals surface area (Å²) in [6.45, 7) is 10.9. The predicted octanol–water partition coefficient (Wildman–Crippen LogP) is 1.48. The van der Waals surface area contributed by atoms with Crippen molar-refractivity contribution in [1.82, 2.24) is 29.9 Å². The molecule has 0 saturated heterocycles. The monoisotopic (exact) mass is 276 g/mol. The van der Waals surface area contributed by atoms with Crippen LogP contribution in [0.1, 0.15) is 41.9 Å². The number of aryl methyl sites for hydroxylation is 2. The van der Waals surface area contributed by atoms with Gasteiger partial charge in [0.25, 0.3) is 0 Å². The quantitative estimate of drug-likeness (QED) is 0.812. The van der Waals surface area contributed by atoms with Crippen LogP contribution in [0.3, 0.4) is 0 Å². The van der Waals surface area contributed by atoms with Crippen molar-refractivity contribution in [3.05, 3.63) is 28.6 Å². The lowest BCUT2D eigenvalue weighted by Crippen LogP contribution is -2.15. The van der Waals surface area contributed by atoms with Crippen LogP contribution < -0.4 is 5.32 Å². The van der Waals surface area contributed by atoms with E-state index in [9.17, 15) is 0 Å². The topological polar surface area (TPSA) is 60.6 Å². The molecule has 0 unspecified atom stereocenters. The molecule has 0 spiro atoms. The fourth-order valence-corrected chi connectivity index (χ4v) is 2.26. The molecule has 1 N–H and O–H groups in total. The molecule has 0 amide bonds. The first-order valence-electron chi connectivity index (χ1n) is 7.13. The Kier molecular flexibility index (Phi) is 4.54. The van der Waals surface area contributed by atoms with Crippen LogP contribution >= 0.6 is 0 Å². The molecule has 0 aliphatic rings. The lowest BCUT2D eigenvalue weighted by atomic mass is 10.2. The summed E-state index contributed by atoms with van der Waals surface area (Å²) in [6, 6.07) is 0. The van der Waals surface area contributed by atoms with E-state index in [4.69, 9.17) is 0 Å². The van der Waals surface area contributed by atoms with E-state index in [0.29, 0.717) is 6.54 Å². The number of hydrogen-bond acceptors (Lipinski definition) is 4. The van der Waals surface area contributed by atoms with E-state index >= 15 is 0 Å². The minimum Gasteiger partial charge on any atom is -0.317 e. The van der Waals surface area contributed by atoms with Gasteiger partial charge in [0.1, 0.15) is 12.4 Å². The van der Waals surface area contributed by atoms with Gasteiger partial charge in [-0.2, -0.15) is 5.10 Å². The van der Waals surface area contributed by atoms with Gasteiger partial charge in [-0.3, -0.25) is 4.68 Å². The highest BCUT2D eigenvalue weighted by molar-refractivity contribution is 5.24. The highest BCUT2D eigenvalue weighted by Crippen LogP contribution is 2.14. The van der Waals surface area contributed by atoms with Crippen molar-refractivity contribution in [3.63, 3.8) is 0 Å². The van der Waals surface area contributed by atoms with Gasteiger partial charge >= 0.3 is 0 Å². The molecule has 0 aromatic carbocycles. The molecule has 0 aliphatic heterocycles. The van der Waals surface area contributed by atoms with Crippen LogP contribution in [0.4, 0.5) is 0 Å². The van der Waals surface area contributed by atoms with Gasteiger partial charge in [-0.1, -0.05) is 6.92 Å². The molecular weight excluding hydrogens is 252 g/mol. The number of hydrogen-bond donors (Lipinski definition) is 1. The summed E-state index contributed by atoms with van der Waals surface area (Å²) >= 11 is 0. The first-order valence-corrected chi connectivity index (χ1v) is 7.13. The molecule has 2 aromatic heterocycles. The SMILES string of the molecule is CCCNCc1c(C)nn(Cc2nnc(C)n2C)c1C. The molecule has 0 atom stereocenters. The Morgan fingerprint density at radius 1 is 1.15 bits per heavy atom. The Labute approximate surface area is 120 Å². The number of nitrogens with one attached hydrogen (secondary N) is 1. The second-order valence-corrected chi connectivity index (χ2v) is 5.21. The van der Waals surface area contributed by atoms with Gasteiger partial charge in [0, 0.05) is 24.8 Å². The highest BCUT2D eigenvalue weighted by atomic mass is 15.3. The summed E-state index contributed by atoms with van der Waals surface area (Å²) in [5.74, 6) is 1.85. The Morgan fingerprint density at radius 3 is 2.50 bits per heavy atom. The molecular formula is C14H24N6.